The molecule has 0 bridgehead atoms. The van der Waals surface area contributed by atoms with Crippen molar-refractivity contribution in [3.05, 3.63) is 41.5 Å². The van der Waals surface area contributed by atoms with Gasteiger partial charge in [-0.1, -0.05) is 0 Å². The lowest BCUT2D eigenvalue weighted by atomic mass is 9.91. The first-order chi connectivity index (χ1) is 18.4. The normalized spacial score (nSPS) is 19.3. The average Bonchev–Trinajstić information content (AvgIpc) is 3.68. The molecule has 2 aliphatic rings. The van der Waals surface area contributed by atoms with E-state index in [0.717, 1.165) is 38.5 Å². The Morgan fingerprint density at radius 3 is 2.45 bits per heavy atom. The van der Waals surface area contributed by atoms with Crippen LogP contribution in [0.25, 0.3) is 22.2 Å². The first kappa shape index (κ1) is 26.0. The number of aromatic amines is 1. The Bertz CT molecular complexity index is 1340. The number of nitrogens with zero attached hydrogens (tertiary/aromatic N) is 1. The standard InChI is InChI=1S/C28H33FN4O5/c1-15-25(28(36)33-18-7-5-17(6-8-18)32-24(35)13-34)27-26(31-15)19(9-10-30-27)20-11-21(29)23(37-2)12-22(20)38-14-16-3-4-16/h9-12,16-18,31,34H,3-8,13-14H2,1-2H3,(H,32,35)(H,33,36)/t17-,18-. The number of benzene rings is 1. The number of rotatable bonds is 9. The zero-order valence-corrected chi connectivity index (χ0v) is 21.6. The molecule has 5 rings (SSSR count). The summed E-state index contributed by atoms with van der Waals surface area (Å²) in [7, 11) is 1.42. The van der Waals surface area contributed by atoms with Gasteiger partial charge in [0.1, 0.15) is 17.9 Å². The third kappa shape index (κ3) is 5.45. The van der Waals surface area contributed by atoms with E-state index in [0.29, 0.717) is 51.7 Å². The van der Waals surface area contributed by atoms with Crippen LogP contribution in [0.15, 0.2) is 24.4 Å². The molecular weight excluding hydrogens is 491 g/mol. The number of H-pyrrole nitrogens is 1. The Hall–Kier alpha value is -3.66. The Balaban J connectivity index is 1.40. The van der Waals surface area contributed by atoms with E-state index in [1.807, 2.05) is 6.92 Å². The second-order valence-corrected chi connectivity index (χ2v) is 10.2. The molecular formula is C28H33FN4O5. The highest BCUT2D eigenvalue weighted by atomic mass is 19.1. The number of aliphatic hydroxyl groups is 1. The Morgan fingerprint density at radius 2 is 1.79 bits per heavy atom. The van der Waals surface area contributed by atoms with Gasteiger partial charge in [0.25, 0.3) is 5.91 Å². The summed E-state index contributed by atoms with van der Waals surface area (Å²) >= 11 is 0. The van der Waals surface area contributed by atoms with Gasteiger partial charge in [-0.25, -0.2) is 4.39 Å². The maximum atomic E-state index is 14.8. The van der Waals surface area contributed by atoms with Gasteiger partial charge in [0, 0.05) is 41.2 Å². The lowest BCUT2D eigenvalue weighted by molar-refractivity contribution is -0.124. The maximum absolute atomic E-state index is 14.8. The number of fused-ring (bicyclic) bond motifs is 1. The van der Waals surface area contributed by atoms with Crippen LogP contribution < -0.4 is 20.1 Å². The van der Waals surface area contributed by atoms with Crippen LogP contribution in [0.1, 0.15) is 54.6 Å². The maximum Gasteiger partial charge on any atom is 0.255 e. The zero-order chi connectivity index (χ0) is 26.8. The molecule has 0 saturated heterocycles. The molecule has 202 valence electrons. The van der Waals surface area contributed by atoms with Crippen molar-refractivity contribution in [3.8, 4) is 22.6 Å². The average molecular weight is 525 g/mol. The number of amides is 2. The van der Waals surface area contributed by atoms with Crippen molar-refractivity contribution in [1.29, 1.82) is 0 Å². The summed E-state index contributed by atoms with van der Waals surface area (Å²) in [6.07, 6.45) is 6.74. The van der Waals surface area contributed by atoms with E-state index in [-0.39, 0.29) is 29.6 Å². The van der Waals surface area contributed by atoms with E-state index in [1.165, 1.54) is 13.2 Å². The van der Waals surface area contributed by atoms with Crippen LogP contribution in [0.3, 0.4) is 0 Å². The number of methoxy groups -OCH3 is 1. The number of aromatic nitrogens is 2. The van der Waals surface area contributed by atoms with Gasteiger partial charge in [0.2, 0.25) is 5.91 Å². The molecule has 9 nitrogen and oxygen atoms in total. The molecule has 10 heteroatoms. The summed E-state index contributed by atoms with van der Waals surface area (Å²) in [5.74, 6) is 0.0295. The van der Waals surface area contributed by atoms with E-state index in [1.54, 1.807) is 18.3 Å². The molecule has 3 aromatic rings. The van der Waals surface area contributed by atoms with Gasteiger partial charge in [-0.2, -0.15) is 0 Å². The molecule has 2 heterocycles. The molecule has 0 aliphatic heterocycles. The van der Waals surface area contributed by atoms with Crippen LogP contribution in [-0.4, -0.2) is 59.3 Å². The Kier molecular flexibility index (Phi) is 7.51. The molecule has 0 atom stereocenters. The highest BCUT2D eigenvalue weighted by molar-refractivity contribution is 6.09. The number of hydrogen-bond acceptors (Lipinski definition) is 6. The number of carbonyl (C=O) groups excluding carboxylic acids is 2. The molecule has 38 heavy (non-hydrogen) atoms. The molecule has 0 spiro atoms. The molecule has 1 aromatic carbocycles. The van der Waals surface area contributed by atoms with Crippen molar-refractivity contribution in [2.45, 2.75) is 57.5 Å². The molecule has 0 radical (unpaired) electrons. The van der Waals surface area contributed by atoms with Gasteiger partial charge in [-0.05, 0) is 63.5 Å². The molecule has 2 saturated carbocycles. The van der Waals surface area contributed by atoms with Crippen molar-refractivity contribution in [2.24, 2.45) is 5.92 Å². The third-order valence-corrected chi connectivity index (χ3v) is 7.39. The second kappa shape index (κ2) is 11.0. The van der Waals surface area contributed by atoms with Crippen LogP contribution >= 0.6 is 0 Å². The summed E-state index contributed by atoms with van der Waals surface area (Å²) in [5, 5.41) is 14.9. The minimum Gasteiger partial charge on any atom is -0.494 e. The van der Waals surface area contributed by atoms with E-state index < -0.39 is 12.4 Å². The van der Waals surface area contributed by atoms with Crippen molar-refractivity contribution in [3.63, 3.8) is 0 Å². The van der Waals surface area contributed by atoms with E-state index in [4.69, 9.17) is 14.6 Å². The number of halogens is 1. The van der Waals surface area contributed by atoms with Crippen molar-refractivity contribution < 1.29 is 28.6 Å². The highest BCUT2D eigenvalue weighted by Gasteiger charge is 2.27. The quantitative estimate of drug-likeness (QED) is 0.339. The van der Waals surface area contributed by atoms with Gasteiger partial charge in [-0.15, -0.1) is 0 Å². The van der Waals surface area contributed by atoms with Crippen molar-refractivity contribution in [1.82, 2.24) is 20.6 Å². The van der Waals surface area contributed by atoms with Gasteiger partial charge in [-0.3, -0.25) is 14.6 Å². The summed E-state index contributed by atoms with van der Waals surface area (Å²) in [4.78, 5) is 32.6. The fourth-order valence-electron chi connectivity index (χ4n) is 5.13. The van der Waals surface area contributed by atoms with Crippen LogP contribution in [0.4, 0.5) is 4.39 Å². The summed E-state index contributed by atoms with van der Waals surface area (Å²) in [6.45, 7) is 1.85. The molecule has 2 aliphatic carbocycles. The molecule has 0 unspecified atom stereocenters. The molecule has 2 amide bonds. The van der Waals surface area contributed by atoms with Crippen LogP contribution in [0.5, 0.6) is 11.5 Å². The SMILES string of the molecule is COc1cc(OCC2CC2)c(-c2ccnc3c(C(=O)N[C@H]4CC[C@H](NC(=O)CO)CC4)c(C)[nH]c23)cc1F. The van der Waals surface area contributed by atoms with Gasteiger partial charge < -0.3 is 30.2 Å². The minimum absolute atomic E-state index is 0.00285. The third-order valence-electron chi connectivity index (χ3n) is 7.39. The lowest BCUT2D eigenvalue weighted by Gasteiger charge is -2.29. The highest BCUT2D eigenvalue weighted by Crippen LogP contribution is 2.40. The topological polar surface area (TPSA) is 126 Å². The fraction of sp³-hybridized carbons (Fsp3) is 0.464. The Morgan fingerprint density at radius 1 is 1.08 bits per heavy atom. The van der Waals surface area contributed by atoms with Crippen molar-refractivity contribution in [2.75, 3.05) is 20.3 Å². The first-order valence-corrected chi connectivity index (χ1v) is 13.1. The van der Waals surface area contributed by atoms with Crippen molar-refractivity contribution >= 4 is 22.8 Å². The molecule has 2 aromatic heterocycles. The number of aryl methyl sites for hydroxylation is 1. The molecule has 2 fully saturated rings. The number of nitrogens with one attached hydrogen (secondary N) is 3. The van der Waals surface area contributed by atoms with Gasteiger partial charge in [0.15, 0.2) is 11.6 Å². The largest absolute Gasteiger partial charge is 0.494 e. The second-order valence-electron chi connectivity index (χ2n) is 10.2. The predicted molar refractivity (Wildman–Crippen MR) is 140 cm³/mol. The van der Waals surface area contributed by atoms with E-state index in [2.05, 4.69) is 20.6 Å². The number of pyridine rings is 1. The van der Waals surface area contributed by atoms with Gasteiger partial charge >= 0.3 is 0 Å². The zero-order valence-electron chi connectivity index (χ0n) is 21.6. The van der Waals surface area contributed by atoms with E-state index >= 15 is 0 Å². The number of hydrogen-bond donors (Lipinski definition) is 4. The lowest BCUT2D eigenvalue weighted by Crippen LogP contribution is -2.44. The Labute approximate surface area is 220 Å². The molecule has 4 N–H and O–H groups in total. The monoisotopic (exact) mass is 524 g/mol. The van der Waals surface area contributed by atoms with Crippen LogP contribution in [-0.2, 0) is 4.79 Å². The van der Waals surface area contributed by atoms with E-state index in [9.17, 15) is 14.0 Å². The fourth-order valence-corrected chi connectivity index (χ4v) is 5.13. The predicted octanol–water partition coefficient (Wildman–Crippen LogP) is 3.62. The summed E-state index contributed by atoms with van der Waals surface area (Å²) < 4.78 is 26.1. The number of aliphatic hydroxyl groups excluding tert-OH is 1. The minimum atomic E-state index is -0.525. The smallest absolute Gasteiger partial charge is 0.255 e. The summed E-state index contributed by atoms with van der Waals surface area (Å²) in [5.41, 5.74) is 3.50. The van der Waals surface area contributed by atoms with Gasteiger partial charge in [0.05, 0.1) is 24.8 Å². The van der Waals surface area contributed by atoms with Crippen LogP contribution in [0.2, 0.25) is 0 Å². The number of carbonyl (C=O) groups is 2. The summed E-state index contributed by atoms with van der Waals surface area (Å²) in [6, 6.07) is 4.73. The van der Waals surface area contributed by atoms with Crippen LogP contribution in [0, 0.1) is 18.7 Å². The first-order valence-electron chi connectivity index (χ1n) is 13.1. The number of ether oxygens (including phenoxy) is 2.